The highest BCUT2D eigenvalue weighted by Gasteiger charge is 2.48. The molecule has 0 bridgehead atoms. The lowest BCUT2D eigenvalue weighted by Crippen LogP contribution is -2.43. The van der Waals surface area contributed by atoms with Crippen LogP contribution in [0.25, 0.3) is 16.8 Å². The van der Waals surface area contributed by atoms with Crippen molar-refractivity contribution in [3.8, 4) is 11.1 Å². The molecular weight excluding hydrogens is 565 g/mol. The summed E-state index contributed by atoms with van der Waals surface area (Å²) < 4.78 is 45.9. The van der Waals surface area contributed by atoms with Gasteiger partial charge in [0.2, 0.25) is 0 Å². The lowest BCUT2D eigenvalue weighted by molar-refractivity contribution is -0.136. The molecule has 1 saturated heterocycles. The van der Waals surface area contributed by atoms with Gasteiger partial charge < -0.3 is 4.57 Å². The van der Waals surface area contributed by atoms with Crippen LogP contribution < -0.4 is 5.56 Å². The number of hydrogen-bond acceptors (Lipinski definition) is 5. The normalized spacial score (nSPS) is 22.4. The quantitative estimate of drug-likeness (QED) is 0.232. The van der Waals surface area contributed by atoms with E-state index in [1.807, 2.05) is 54.1 Å². The Morgan fingerprint density at radius 2 is 1.84 bits per heavy atom. The topological polar surface area (TPSA) is 68.3 Å². The van der Waals surface area contributed by atoms with Crippen molar-refractivity contribution in [1.29, 1.82) is 0 Å². The predicted molar refractivity (Wildman–Crippen MR) is 161 cm³/mol. The zero-order valence-electron chi connectivity index (χ0n) is 24.6. The van der Waals surface area contributed by atoms with Crippen molar-refractivity contribution in [2.24, 2.45) is 13.0 Å². The van der Waals surface area contributed by atoms with Crippen LogP contribution in [0.3, 0.4) is 0 Å². The van der Waals surface area contributed by atoms with Crippen molar-refractivity contribution in [3.63, 3.8) is 0 Å². The Morgan fingerprint density at radius 3 is 2.55 bits per heavy atom. The molecule has 0 radical (unpaired) electrons. The lowest BCUT2D eigenvalue weighted by Gasteiger charge is -2.46. The number of nitrogens with zero attached hydrogens (tertiary/aromatic N) is 6. The van der Waals surface area contributed by atoms with Gasteiger partial charge in [0.25, 0.3) is 5.56 Å². The second kappa shape index (κ2) is 10.7. The summed E-state index contributed by atoms with van der Waals surface area (Å²) in [5.41, 5.74) is 1.35. The highest BCUT2D eigenvalue weighted by molar-refractivity contribution is 5.66. The molecular formula is C34H33F3N6O. The second-order valence-electron chi connectivity index (χ2n) is 12.5. The molecule has 2 aromatic carbocycles. The number of aryl methyl sites for hydroxylation is 1. The fourth-order valence-corrected chi connectivity index (χ4v) is 7.34. The summed E-state index contributed by atoms with van der Waals surface area (Å²) in [5.74, 6) is 1.68. The molecule has 2 aliphatic rings. The molecule has 7 nitrogen and oxygen atoms in total. The first-order valence-electron chi connectivity index (χ1n) is 15.0. The molecule has 1 atom stereocenters. The highest BCUT2D eigenvalue weighted by atomic mass is 19.4. The van der Waals surface area contributed by atoms with Crippen LogP contribution in [0, 0.1) is 5.92 Å². The standard InChI is InChI=1S/C34H33F3N6O/c1-22-15-33(16-22,32-40-39-21-41(32)2)27-10-6-9-25(14-27)28-17-38-30-29(34(35,36)37)13-23(19-43(30)31(28)44)18-42-12-11-26(20-42)24-7-4-3-5-8-24/h3-10,13-14,17,19,21-22,26H,11-12,15-16,18,20H2,1-2H3. The third kappa shape index (κ3) is 4.91. The van der Waals surface area contributed by atoms with Crippen LogP contribution in [0.15, 0.2) is 84.2 Å². The van der Waals surface area contributed by atoms with E-state index in [1.54, 1.807) is 6.33 Å². The first kappa shape index (κ1) is 28.5. The number of alkyl halides is 3. The average molecular weight is 599 g/mol. The Bertz CT molecular complexity index is 1890. The van der Waals surface area contributed by atoms with E-state index in [-0.39, 0.29) is 11.0 Å². The lowest BCUT2D eigenvalue weighted by atomic mass is 9.58. The minimum Gasteiger partial charge on any atom is -0.320 e. The van der Waals surface area contributed by atoms with E-state index in [1.165, 1.54) is 18.0 Å². The number of aromatic nitrogens is 5. The third-order valence-electron chi connectivity index (χ3n) is 9.37. The molecule has 1 saturated carbocycles. The number of hydrogen-bond donors (Lipinski definition) is 0. The van der Waals surface area contributed by atoms with Crippen LogP contribution >= 0.6 is 0 Å². The Morgan fingerprint density at radius 1 is 1.05 bits per heavy atom. The highest BCUT2D eigenvalue weighted by Crippen LogP contribution is 2.51. The molecule has 4 heterocycles. The van der Waals surface area contributed by atoms with E-state index in [4.69, 9.17) is 0 Å². The summed E-state index contributed by atoms with van der Waals surface area (Å²) in [4.78, 5) is 20.3. The fraction of sp³-hybridized carbons (Fsp3) is 0.353. The van der Waals surface area contributed by atoms with Gasteiger partial charge in [-0.25, -0.2) is 4.98 Å². The molecule has 0 spiro atoms. The van der Waals surface area contributed by atoms with Crippen molar-refractivity contribution in [1.82, 2.24) is 29.0 Å². The zero-order valence-corrected chi connectivity index (χ0v) is 24.6. The number of pyridine rings is 1. The van der Waals surface area contributed by atoms with E-state index in [2.05, 4.69) is 39.1 Å². The first-order valence-corrected chi connectivity index (χ1v) is 15.0. The molecule has 2 fully saturated rings. The Kier molecular flexibility index (Phi) is 6.92. The SMILES string of the molecule is CC1CC(c2cccc(-c3cnc4c(C(F)(F)F)cc(CN5CCC(c6ccccc6)C5)cn4c3=O)c2)(c2nncn2C)C1. The maximum absolute atomic E-state index is 14.3. The average Bonchev–Trinajstić information content (AvgIpc) is 3.64. The largest absolute Gasteiger partial charge is 0.419 e. The van der Waals surface area contributed by atoms with Crippen LogP contribution in [0.1, 0.15) is 60.2 Å². The molecule has 3 aromatic heterocycles. The number of likely N-dealkylation sites (tertiary alicyclic amines) is 1. The molecule has 1 aliphatic heterocycles. The maximum atomic E-state index is 14.3. The van der Waals surface area contributed by atoms with Gasteiger partial charge in [-0.2, -0.15) is 13.2 Å². The minimum atomic E-state index is -4.66. The van der Waals surface area contributed by atoms with Crippen molar-refractivity contribution < 1.29 is 13.2 Å². The van der Waals surface area contributed by atoms with Gasteiger partial charge in [0.05, 0.1) is 16.5 Å². The van der Waals surface area contributed by atoms with Gasteiger partial charge in [-0.1, -0.05) is 55.5 Å². The van der Waals surface area contributed by atoms with Gasteiger partial charge in [-0.05, 0) is 72.0 Å². The molecule has 1 aliphatic carbocycles. The van der Waals surface area contributed by atoms with Crippen molar-refractivity contribution in [2.45, 2.75) is 50.2 Å². The van der Waals surface area contributed by atoms with Crippen LogP contribution in [-0.2, 0) is 25.2 Å². The number of halogens is 3. The number of rotatable bonds is 6. The Balaban J connectivity index is 1.26. The van der Waals surface area contributed by atoms with Crippen LogP contribution in [-0.4, -0.2) is 42.1 Å². The smallest absolute Gasteiger partial charge is 0.320 e. The minimum absolute atomic E-state index is 0.250. The predicted octanol–water partition coefficient (Wildman–Crippen LogP) is 6.21. The zero-order chi connectivity index (χ0) is 30.6. The summed E-state index contributed by atoms with van der Waals surface area (Å²) >= 11 is 0. The van der Waals surface area contributed by atoms with E-state index in [0.717, 1.165) is 54.2 Å². The number of benzene rings is 2. The third-order valence-corrected chi connectivity index (χ3v) is 9.37. The van der Waals surface area contributed by atoms with E-state index in [0.29, 0.717) is 29.5 Å². The van der Waals surface area contributed by atoms with Crippen molar-refractivity contribution in [3.05, 3.63) is 118 Å². The van der Waals surface area contributed by atoms with Gasteiger partial charge >= 0.3 is 6.18 Å². The molecule has 44 heavy (non-hydrogen) atoms. The monoisotopic (exact) mass is 598 g/mol. The van der Waals surface area contributed by atoms with Crippen molar-refractivity contribution in [2.75, 3.05) is 13.1 Å². The Labute approximate surface area is 253 Å². The molecule has 10 heteroatoms. The van der Waals surface area contributed by atoms with Crippen LogP contribution in [0.4, 0.5) is 13.2 Å². The first-order chi connectivity index (χ1) is 21.1. The fourth-order valence-electron chi connectivity index (χ4n) is 7.34. The van der Waals surface area contributed by atoms with Gasteiger partial charge in [0.1, 0.15) is 12.2 Å². The molecule has 0 amide bonds. The van der Waals surface area contributed by atoms with Crippen LogP contribution in [0.5, 0.6) is 0 Å². The van der Waals surface area contributed by atoms with E-state index < -0.39 is 22.9 Å². The maximum Gasteiger partial charge on any atom is 0.419 e. The van der Waals surface area contributed by atoms with E-state index >= 15 is 0 Å². The summed E-state index contributed by atoms with van der Waals surface area (Å²) in [6, 6.07) is 19.0. The molecule has 0 N–H and O–H groups in total. The van der Waals surface area contributed by atoms with Gasteiger partial charge in [0.15, 0.2) is 5.65 Å². The van der Waals surface area contributed by atoms with Crippen molar-refractivity contribution >= 4 is 5.65 Å². The molecule has 7 rings (SSSR count). The summed E-state index contributed by atoms with van der Waals surface area (Å²) in [5, 5.41) is 8.51. The Hall–Kier alpha value is -4.31. The second-order valence-corrected chi connectivity index (χ2v) is 12.5. The van der Waals surface area contributed by atoms with Crippen LogP contribution in [0.2, 0.25) is 0 Å². The van der Waals surface area contributed by atoms with Gasteiger partial charge in [0, 0.05) is 32.5 Å². The number of fused-ring (bicyclic) bond motifs is 1. The molecule has 226 valence electrons. The summed E-state index contributed by atoms with van der Waals surface area (Å²) in [6.07, 6.45) is 2.52. The summed E-state index contributed by atoms with van der Waals surface area (Å²) in [6.45, 7) is 4.02. The summed E-state index contributed by atoms with van der Waals surface area (Å²) in [7, 11) is 1.92. The molecule has 5 aromatic rings. The van der Waals surface area contributed by atoms with Gasteiger partial charge in [-0.15, -0.1) is 10.2 Å². The van der Waals surface area contributed by atoms with E-state index in [9.17, 15) is 18.0 Å². The van der Waals surface area contributed by atoms with Gasteiger partial charge in [-0.3, -0.25) is 14.1 Å². The molecule has 1 unspecified atom stereocenters.